The van der Waals surface area contributed by atoms with E-state index in [9.17, 15) is 4.79 Å². The van der Waals surface area contributed by atoms with E-state index in [-0.39, 0.29) is 10.7 Å². The topological polar surface area (TPSA) is 42.0 Å². The van der Waals surface area contributed by atoms with Crippen molar-refractivity contribution < 1.29 is 4.79 Å². The monoisotopic (exact) mass is 258 g/mol. The molecule has 1 heterocycles. The molecule has 5 heteroatoms. The average Bonchev–Trinajstić information content (AvgIpc) is 2.26. The first-order valence-electron chi connectivity index (χ1n) is 4.90. The molecule has 0 atom stereocenters. The number of thioether (sulfide) groups is 1. The van der Waals surface area contributed by atoms with Crippen LogP contribution in [0.5, 0.6) is 0 Å². The molecule has 0 unspecified atom stereocenters. The first-order valence-corrected chi connectivity index (χ1v) is 6.51. The van der Waals surface area contributed by atoms with Gasteiger partial charge in [0.15, 0.2) is 0 Å². The van der Waals surface area contributed by atoms with E-state index in [0.717, 1.165) is 0 Å². The standard InChI is InChI=1S/C11H15ClN2OS/c1-11(2,16-3)7-13-10(15)8-5-4-6-9(12)14-8/h4-6H,7H2,1-3H3,(H,13,15). The van der Waals surface area contributed by atoms with Gasteiger partial charge in [-0.25, -0.2) is 4.98 Å². The summed E-state index contributed by atoms with van der Waals surface area (Å²) in [6, 6.07) is 5.00. The third-order valence-corrected chi connectivity index (χ3v) is 3.64. The molecule has 16 heavy (non-hydrogen) atoms. The number of nitrogens with zero attached hydrogens (tertiary/aromatic N) is 1. The molecule has 1 amide bonds. The molecule has 0 aliphatic rings. The number of carbonyl (C=O) groups excluding carboxylic acids is 1. The van der Waals surface area contributed by atoms with E-state index in [1.807, 2.05) is 6.26 Å². The highest BCUT2D eigenvalue weighted by Crippen LogP contribution is 2.19. The van der Waals surface area contributed by atoms with Gasteiger partial charge in [-0.15, -0.1) is 0 Å². The van der Waals surface area contributed by atoms with Gasteiger partial charge in [-0.3, -0.25) is 4.79 Å². The molecule has 88 valence electrons. The highest BCUT2D eigenvalue weighted by Gasteiger charge is 2.17. The van der Waals surface area contributed by atoms with E-state index < -0.39 is 0 Å². The quantitative estimate of drug-likeness (QED) is 0.845. The Balaban J connectivity index is 2.60. The first-order chi connectivity index (χ1) is 7.44. The van der Waals surface area contributed by atoms with E-state index in [0.29, 0.717) is 17.4 Å². The van der Waals surface area contributed by atoms with Gasteiger partial charge in [0.25, 0.3) is 5.91 Å². The van der Waals surface area contributed by atoms with Crippen molar-refractivity contribution in [2.45, 2.75) is 18.6 Å². The van der Waals surface area contributed by atoms with E-state index in [4.69, 9.17) is 11.6 Å². The third-order valence-electron chi connectivity index (χ3n) is 2.18. The van der Waals surface area contributed by atoms with Gasteiger partial charge in [0.05, 0.1) is 0 Å². The normalized spacial score (nSPS) is 11.2. The number of hydrogen-bond acceptors (Lipinski definition) is 3. The van der Waals surface area contributed by atoms with Gasteiger partial charge in [-0.2, -0.15) is 11.8 Å². The van der Waals surface area contributed by atoms with Gasteiger partial charge >= 0.3 is 0 Å². The van der Waals surface area contributed by atoms with E-state index >= 15 is 0 Å². The van der Waals surface area contributed by atoms with Crippen LogP contribution in [-0.4, -0.2) is 28.4 Å². The van der Waals surface area contributed by atoms with Gasteiger partial charge in [-0.05, 0) is 32.2 Å². The zero-order chi connectivity index (χ0) is 12.2. The maximum Gasteiger partial charge on any atom is 0.269 e. The van der Waals surface area contributed by atoms with E-state index in [2.05, 4.69) is 24.1 Å². The molecule has 0 saturated carbocycles. The van der Waals surface area contributed by atoms with Crippen LogP contribution in [0.3, 0.4) is 0 Å². The number of carbonyl (C=O) groups is 1. The molecule has 1 rings (SSSR count). The Morgan fingerprint density at radius 3 is 2.81 bits per heavy atom. The van der Waals surface area contributed by atoms with Crippen LogP contribution in [0.1, 0.15) is 24.3 Å². The lowest BCUT2D eigenvalue weighted by Gasteiger charge is -2.21. The van der Waals surface area contributed by atoms with Crippen molar-refractivity contribution in [1.29, 1.82) is 0 Å². The number of rotatable bonds is 4. The number of halogens is 1. The molecule has 0 aliphatic heterocycles. The molecule has 1 aromatic heterocycles. The fourth-order valence-corrected chi connectivity index (χ4v) is 1.37. The van der Waals surface area contributed by atoms with E-state index in [1.54, 1.807) is 30.0 Å². The Kier molecular flexibility index (Phi) is 4.62. The summed E-state index contributed by atoms with van der Waals surface area (Å²) in [7, 11) is 0. The van der Waals surface area contributed by atoms with Crippen LogP contribution in [0, 0.1) is 0 Å². The van der Waals surface area contributed by atoms with Crippen molar-refractivity contribution >= 4 is 29.3 Å². The highest BCUT2D eigenvalue weighted by atomic mass is 35.5. The summed E-state index contributed by atoms with van der Waals surface area (Å²) in [6.45, 7) is 4.74. The van der Waals surface area contributed by atoms with Gasteiger partial charge < -0.3 is 5.32 Å². The maximum absolute atomic E-state index is 11.7. The van der Waals surface area contributed by atoms with Crippen LogP contribution in [-0.2, 0) is 0 Å². The molecular formula is C11H15ClN2OS. The zero-order valence-electron chi connectivity index (χ0n) is 9.58. The summed E-state index contributed by atoms with van der Waals surface area (Å²) in [4.78, 5) is 15.7. The van der Waals surface area contributed by atoms with E-state index in [1.165, 1.54) is 0 Å². The number of hydrogen-bond donors (Lipinski definition) is 1. The SMILES string of the molecule is CSC(C)(C)CNC(=O)c1cccc(Cl)n1. The highest BCUT2D eigenvalue weighted by molar-refractivity contribution is 7.99. The van der Waals surface area contributed by atoms with Crippen molar-refractivity contribution in [2.75, 3.05) is 12.8 Å². The van der Waals surface area contributed by atoms with Gasteiger partial charge in [-0.1, -0.05) is 17.7 Å². The number of amides is 1. The number of aromatic nitrogens is 1. The fraction of sp³-hybridized carbons (Fsp3) is 0.455. The molecule has 0 radical (unpaired) electrons. The summed E-state index contributed by atoms with van der Waals surface area (Å²) >= 11 is 7.42. The Hall–Kier alpha value is -0.740. The number of nitrogens with one attached hydrogen (secondary N) is 1. The molecule has 0 bridgehead atoms. The Morgan fingerprint density at radius 1 is 1.56 bits per heavy atom. The molecular weight excluding hydrogens is 244 g/mol. The van der Waals surface area contributed by atoms with Crippen molar-refractivity contribution in [2.24, 2.45) is 0 Å². The Bertz CT molecular complexity index is 382. The van der Waals surface area contributed by atoms with Crippen molar-refractivity contribution in [3.05, 3.63) is 29.0 Å². The molecule has 1 N–H and O–H groups in total. The molecule has 1 aromatic rings. The van der Waals surface area contributed by atoms with Crippen molar-refractivity contribution in [3.8, 4) is 0 Å². The smallest absolute Gasteiger partial charge is 0.269 e. The second-order valence-electron chi connectivity index (χ2n) is 3.99. The molecule has 0 fully saturated rings. The molecule has 0 aliphatic carbocycles. The Labute approximate surface area is 105 Å². The summed E-state index contributed by atoms with van der Waals surface area (Å²) in [6.07, 6.45) is 2.02. The van der Waals surface area contributed by atoms with Crippen LogP contribution in [0.4, 0.5) is 0 Å². The van der Waals surface area contributed by atoms with Crippen molar-refractivity contribution in [1.82, 2.24) is 10.3 Å². The molecule has 0 aromatic carbocycles. The predicted octanol–water partition coefficient (Wildman–Crippen LogP) is 2.61. The van der Waals surface area contributed by atoms with Crippen LogP contribution in [0.15, 0.2) is 18.2 Å². The lowest BCUT2D eigenvalue weighted by atomic mass is 10.2. The minimum atomic E-state index is -0.190. The largest absolute Gasteiger partial charge is 0.349 e. The summed E-state index contributed by atoms with van der Waals surface area (Å²) < 4.78 is 0.0221. The van der Waals surface area contributed by atoms with Crippen LogP contribution < -0.4 is 5.32 Å². The Morgan fingerprint density at radius 2 is 2.25 bits per heavy atom. The summed E-state index contributed by atoms with van der Waals surface area (Å²) in [5, 5.41) is 3.17. The lowest BCUT2D eigenvalue weighted by molar-refractivity contribution is 0.0946. The minimum Gasteiger partial charge on any atom is -0.349 e. The minimum absolute atomic E-state index is 0.0221. The maximum atomic E-state index is 11.7. The second-order valence-corrected chi connectivity index (χ2v) is 5.89. The second kappa shape index (κ2) is 5.55. The average molecular weight is 259 g/mol. The molecule has 3 nitrogen and oxygen atoms in total. The third kappa shape index (κ3) is 4.02. The van der Waals surface area contributed by atoms with Gasteiger partial charge in [0.2, 0.25) is 0 Å². The fourth-order valence-electron chi connectivity index (χ4n) is 0.991. The molecule has 0 saturated heterocycles. The van der Waals surface area contributed by atoms with Crippen LogP contribution in [0.25, 0.3) is 0 Å². The van der Waals surface area contributed by atoms with Crippen LogP contribution >= 0.6 is 23.4 Å². The predicted molar refractivity (Wildman–Crippen MR) is 69.2 cm³/mol. The van der Waals surface area contributed by atoms with Gasteiger partial charge in [0, 0.05) is 11.3 Å². The molecule has 0 spiro atoms. The zero-order valence-corrected chi connectivity index (χ0v) is 11.2. The van der Waals surface area contributed by atoms with Crippen LogP contribution in [0.2, 0.25) is 5.15 Å². The first kappa shape index (κ1) is 13.3. The summed E-state index contributed by atoms with van der Waals surface area (Å²) in [5.41, 5.74) is 0.351. The summed E-state index contributed by atoms with van der Waals surface area (Å²) in [5.74, 6) is -0.190. The lowest BCUT2D eigenvalue weighted by Crippen LogP contribution is -2.36. The number of pyridine rings is 1. The van der Waals surface area contributed by atoms with Crippen molar-refractivity contribution in [3.63, 3.8) is 0 Å². The van der Waals surface area contributed by atoms with Gasteiger partial charge in [0.1, 0.15) is 10.8 Å².